The van der Waals surface area contributed by atoms with E-state index in [1.54, 1.807) is 11.9 Å². The monoisotopic (exact) mass is 363 g/mol. The number of hydrogen-bond donors (Lipinski definition) is 1. The van der Waals surface area contributed by atoms with Crippen molar-refractivity contribution in [1.82, 2.24) is 5.32 Å². The first kappa shape index (κ1) is 16.6. The van der Waals surface area contributed by atoms with Crippen LogP contribution in [0.4, 0.5) is 11.4 Å². The van der Waals surface area contributed by atoms with Gasteiger partial charge in [0.25, 0.3) is 11.8 Å². The van der Waals surface area contributed by atoms with Gasteiger partial charge >= 0.3 is 0 Å². The molecule has 6 heteroatoms. The van der Waals surface area contributed by atoms with Crippen molar-refractivity contribution in [3.63, 3.8) is 0 Å². The number of benzene rings is 2. The topological polar surface area (TPSA) is 61.8 Å². The van der Waals surface area contributed by atoms with Crippen LogP contribution in [0.25, 0.3) is 5.57 Å². The molecule has 0 aliphatic carbocycles. The maximum Gasteiger partial charge on any atom is 0.264 e. The zero-order valence-electron chi connectivity index (χ0n) is 14.7. The van der Waals surface area contributed by atoms with Crippen LogP contribution in [0, 0.1) is 13.8 Å². The van der Waals surface area contributed by atoms with E-state index in [1.807, 2.05) is 56.3 Å². The third-order valence-corrected chi connectivity index (χ3v) is 5.47. The predicted molar refractivity (Wildman–Crippen MR) is 106 cm³/mol. The van der Waals surface area contributed by atoms with E-state index in [2.05, 4.69) is 10.3 Å². The average Bonchev–Trinajstić information content (AvgIpc) is 3.09. The lowest BCUT2D eigenvalue weighted by molar-refractivity contribution is -0.116. The van der Waals surface area contributed by atoms with Crippen molar-refractivity contribution in [3.05, 3.63) is 64.1 Å². The fourth-order valence-corrected chi connectivity index (χ4v) is 4.00. The minimum absolute atomic E-state index is 0.170. The normalized spacial score (nSPS) is 20.7. The molecule has 1 fully saturated rings. The van der Waals surface area contributed by atoms with E-state index < -0.39 is 0 Å². The van der Waals surface area contributed by atoms with Gasteiger partial charge in [-0.2, -0.15) is 0 Å². The molecule has 0 bridgehead atoms. The molecule has 4 rings (SSSR count). The van der Waals surface area contributed by atoms with Crippen molar-refractivity contribution >= 4 is 45.7 Å². The van der Waals surface area contributed by atoms with Gasteiger partial charge in [-0.3, -0.25) is 9.59 Å². The maximum atomic E-state index is 12.7. The Labute approximate surface area is 155 Å². The van der Waals surface area contributed by atoms with E-state index in [4.69, 9.17) is 0 Å². The van der Waals surface area contributed by atoms with Crippen molar-refractivity contribution < 1.29 is 9.59 Å². The molecule has 0 aromatic heterocycles. The number of rotatable bonds is 1. The Hall–Kier alpha value is -2.86. The van der Waals surface area contributed by atoms with Gasteiger partial charge in [-0.05, 0) is 48.9 Å². The molecule has 0 atom stereocenters. The Balaban J connectivity index is 1.77. The molecular weight excluding hydrogens is 346 g/mol. The van der Waals surface area contributed by atoms with E-state index in [1.165, 1.54) is 11.8 Å². The summed E-state index contributed by atoms with van der Waals surface area (Å²) < 4.78 is 0. The van der Waals surface area contributed by atoms with Gasteiger partial charge in [0.1, 0.15) is 0 Å². The third kappa shape index (κ3) is 2.63. The Morgan fingerprint density at radius 2 is 1.85 bits per heavy atom. The Kier molecular flexibility index (Phi) is 3.92. The summed E-state index contributed by atoms with van der Waals surface area (Å²) in [6.45, 7) is 3.98. The van der Waals surface area contributed by atoms with E-state index in [9.17, 15) is 9.59 Å². The van der Waals surface area contributed by atoms with Gasteiger partial charge in [0.15, 0.2) is 5.17 Å². The zero-order chi connectivity index (χ0) is 18.4. The van der Waals surface area contributed by atoms with Crippen LogP contribution in [0.2, 0.25) is 0 Å². The molecule has 26 heavy (non-hydrogen) atoms. The van der Waals surface area contributed by atoms with Crippen molar-refractivity contribution in [3.8, 4) is 0 Å². The zero-order valence-corrected chi connectivity index (χ0v) is 15.5. The number of fused-ring (bicyclic) bond motifs is 1. The number of hydrogen-bond acceptors (Lipinski definition) is 4. The summed E-state index contributed by atoms with van der Waals surface area (Å²) in [6, 6.07) is 13.5. The molecule has 0 saturated carbocycles. The van der Waals surface area contributed by atoms with Crippen molar-refractivity contribution in [2.45, 2.75) is 13.8 Å². The van der Waals surface area contributed by atoms with Gasteiger partial charge in [-0.15, -0.1) is 0 Å². The highest BCUT2D eigenvalue weighted by Crippen LogP contribution is 2.42. The summed E-state index contributed by atoms with van der Waals surface area (Å²) in [5, 5.41) is 3.28. The summed E-state index contributed by atoms with van der Waals surface area (Å²) in [5.41, 5.74) is 4.98. The number of nitrogens with one attached hydrogen (secondary N) is 1. The van der Waals surface area contributed by atoms with E-state index in [-0.39, 0.29) is 11.8 Å². The highest BCUT2D eigenvalue weighted by molar-refractivity contribution is 8.18. The fraction of sp³-hybridized carbons (Fsp3) is 0.150. The Bertz CT molecular complexity index is 1020. The number of amides is 2. The minimum Gasteiger partial charge on any atom is -0.311 e. The number of aliphatic imine (C=N–C) groups is 1. The smallest absolute Gasteiger partial charge is 0.264 e. The number of para-hydroxylation sites is 1. The van der Waals surface area contributed by atoms with Crippen LogP contribution >= 0.6 is 11.8 Å². The predicted octanol–water partition coefficient (Wildman–Crippen LogP) is 3.54. The largest absolute Gasteiger partial charge is 0.311 e. The lowest BCUT2D eigenvalue weighted by Gasteiger charge is -2.08. The molecule has 2 heterocycles. The summed E-state index contributed by atoms with van der Waals surface area (Å²) >= 11 is 1.22. The quantitative estimate of drug-likeness (QED) is 0.789. The molecule has 2 amide bonds. The molecule has 1 saturated heterocycles. The maximum absolute atomic E-state index is 12.7. The van der Waals surface area contributed by atoms with E-state index in [0.29, 0.717) is 15.6 Å². The molecule has 0 spiro atoms. The van der Waals surface area contributed by atoms with Gasteiger partial charge in [0, 0.05) is 12.6 Å². The van der Waals surface area contributed by atoms with Crippen LogP contribution in [0.5, 0.6) is 0 Å². The molecule has 2 aliphatic rings. The first-order valence-corrected chi connectivity index (χ1v) is 9.04. The van der Waals surface area contributed by atoms with Crippen LogP contribution in [-0.4, -0.2) is 24.0 Å². The van der Waals surface area contributed by atoms with Crippen LogP contribution in [-0.2, 0) is 9.59 Å². The molecule has 2 aromatic carbocycles. The second-order valence-electron chi connectivity index (χ2n) is 6.35. The summed E-state index contributed by atoms with van der Waals surface area (Å²) in [4.78, 5) is 31.8. The molecule has 130 valence electrons. The minimum atomic E-state index is -0.285. The second-order valence-corrected chi connectivity index (χ2v) is 7.35. The number of anilines is 1. The van der Waals surface area contributed by atoms with Gasteiger partial charge < -0.3 is 10.2 Å². The standard InChI is InChI=1S/C20H17N3O2S/c1-11-8-9-12(2)14(10-11)21-20-22-18(24)17(26-20)16-13-6-4-5-7-15(13)23(3)19(16)25/h4-10H,1-3H3,(H,21,22,24)/b17-16-. The van der Waals surface area contributed by atoms with Gasteiger partial charge in [-0.1, -0.05) is 30.3 Å². The number of carbonyl (C=O) groups excluding carboxylic acids is 2. The van der Waals surface area contributed by atoms with Crippen molar-refractivity contribution in [2.24, 2.45) is 4.99 Å². The molecule has 2 aliphatic heterocycles. The van der Waals surface area contributed by atoms with Crippen molar-refractivity contribution in [1.29, 1.82) is 0 Å². The molecule has 1 N–H and O–H groups in total. The number of likely N-dealkylation sites (N-methyl/N-ethyl adjacent to an activating group) is 1. The summed E-state index contributed by atoms with van der Waals surface area (Å²) in [6.07, 6.45) is 0. The van der Waals surface area contributed by atoms with Crippen LogP contribution in [0.1, 0.15) is 16.7 Å². The van der Waals surface area contributed by atoms with E-state index in [0.717, 1.165) is 28.1 Å². The number of amidine groups is 1. The number of nitrogens with zero attached hydrogens (tertiary/aromatic N) is 2. The van der Waals surface area contributed by atoms with Crippen LogP contribution in [0.15, 0.2) is 52.4 Å². The SMILES string of the molecule is Cc1ccc(C)c(N=C2NC(=O)/C(=C3/C(=O)N(C)c4ccccc43)S2)c1. The van der Waals surface area contributed by atoms with Crippen LogP contribution in [0.3, 0.4) is 0 Å². The summed E-state index contributed by atoms with van der Waals surface area (Å²) in [7, 11) is 1.72. The van der Waals surface area contributed by atoms with Crippen molar-refractivity contribution in [2.75, 3.05) is 11.9 Å². The molecule has 5 nitrogen and oxygen atoms in total. The third-order valence-electron chi connectivity index (χ3n) is 4.49. The summed E-state index contributed by atoms with van der Waals surface area (Å²) in [5.74, 6) is -0.454. The Morgan fingerprint density at radius 3 is 2.65 bits per heavy atom. The molecule has 2 aromatic rings. The van der Waals surface area contributed by atoms with Gasteiger partial charge in [0.2, 0.25) is 0 Å². The molecule has 0 unspecified atom stereocenters. The number of thioether (sulfide) groups is 1. The highest BCUT2D eigenvalue weighted by Gasteiger charge is 2.37. The first-order chi connectivity index (χ1) is 12.5. The number of aryl methyl sites for hydroxylation is 2. The average molecular weight is 363 g/mol. The molecule has 0 radical (unpaired) electrons. The fourth-order valence-electron chi connectivity index (χ4n) is 3.08. The van der Waals surface area contributed by atoms with Crippen LogP contribution < -0.4 is 10.2 Å². The van der Waals surface area contributed by atoms with E-state index >= 15 is 0 Å². The lowest BCUT2D eigenvalue weighted by atomic mass is 10.1. The van der Waals surface area contributed by atoms with Gasteiger partial charge in [0.05, 0.1) is 21.9 Å². The number of carbonyl (C=O) groups is 2. The highest BCUT2D eigenvalue weighted by atomic mass is 32.2. The first-order valence-electron chi connectivity index (χ1n) is 8.22. The Morgan fingerprint density at radius 1 is 1.08 bits per heavy atom. The second kappa shape index (κ2) is 6.14. The van der Waals surface area contributed by atoms with Gasteiger partial charge in [-0.25, -0.2) is 4.99 Å². The lowest BCUT2D eigenvalue weighted by Crippen LogP contribution is -2.23. The molecular formula is C20H17N3O2S.